The van der Waals surface area contributed by atoms with Crippen molar-refractivity contribution < 1.29 is 29.0 Å². The summed E-state index contributed by atoms with van der Waals surface area (Å²) in [5.41, 5.74) is 3.42. The Hall–Kier alpha value is -4.61. The van der Waals surface area contributed by atoms with Gasteiger partial charge < -0.3 is 29.8 Å². The monoisotopic (exact) mass is 689 g/mol. The van der Waals surface area contributed by atoms with Crippen molar-refractivity contribution in [1.29, 1.82) is 0 Å². The number of carbonyl (C=O) groups is 3. The van der Waals surface area contributed by atoms with Gasteiger partial charge in [0.1, 0.15) is 0 Å². The SMILES string of the molecule is C[C@H]1[C@H]([Si](C)(C)O)[C@@H](CC(=O)N2Cc3ccccc3C[C@H]2CO)O[C@]12C(=O)N(Cc1ccccc1)c1ccc(NC(=O)c3ccccc3)cc12. The zero-order valence-corrected chi connectivity index (χ0v) is 29.6. The molecule has 5 atom stereocenters. The van der Waals surface area contributed by atoms with E-state index in [1.54, 1.807) is 40.1 Å². The normalized spacial score (nSPS) is 24.3. The molecule has 10 heteroatoms. The maximum absolute atomic E-state index is 14.9. The summed E-state index contributed by atoms with van der Waals surface area (Å²) >= 11 is 0. The Morgan fingerprint density at radius 2 is 1.60 bits per heavy atom. The highest BCUT2D eigenvalue weighted by atomic mass is 28.4. The zero-order valence-electron chi connectivity index (χ0n) is 28.6. The zero-order chi connectivity index (χ0) is 35.2. The summed E-state index contributed by atoms with van der Waals surface area (Å²) < 4.78 is 6.97. The van der Waals surface area contributed by atoms with Gasteiger partial charge >= 0.3 is 0 Å². The Morgan fingerprint density at radius 1 is 0.940 bits per heavy atom. The number of rotatable bonds is 8. The summed E-state index contributed by atoms with van der Waals surface area (Å²) in [6.45, 7) is 6.11. The van der Waals surface area contributed by atoms with Gasteiger partial charge in [0.05, 0.1) is 37.4 Å². The Balaban J connectivity index is 1.26. The quantitative estimate of drug-likeness (QED) is 0.207. The Morgan fingerprint density at radius 3 is 2.28 bits per heavy atom. The Kier molecular flexibility index (Phi) is 8.98. The molecule has 4 aromatic rings. The van der Waals surface area contributed by atoms with Crippen LogP contribution in [-0.4, -0.2) is 59.6 Å². The van der Waals surface area contributed by atoms with E-state index >= 15 is 0 Å². The first-order chi connectivity index (χ1) is 24.0. The third-order valence-corrected chi connectivity index (χ3v) is 13.2. The molecule has 258 valence electrons. The smallest absolute Gasteiger partial charge is 0.264 e. The molecule has 0 bridgehead atoms. The van der Waals surface area contributed by atoms with Crippen LogP contribution < -0.4 is 10.2 Å². The molecule has 0 saturated carbocycles. The molecule has 0 aromatic heterocycles. The number of aliphatic hydroxyl groups excluding tert-OH is 1. The molecule has 3 amide bonds. The standard InChI is InChI=1S/C40H43N3O6Si/c1-26-37(50(2,3)48)35(22-36(45)42-24-30-17-11-10-16-29(30)20-32(42)25-44)49-40(26)33-21-31(41-38(46)28-14-8-5-9-15-28)18-19-34(33)43(39(40)47)23-27-12-6-4-7-13-27/h4-19,21,26,32,35,37,44,48H,20,22-25H2,1-3H3,(H,41,46)/t26-,32-,35+,37-,40+/m0/s1. The predicted molar refractivity (Wildman–Crippen MR) is 194 cm³/mol. The number of benzene rings is 4. The van der Waals surface area contributed by atoms with Gasteiger partial charge in [0.25, 0.3) is 11.8 Å². The van der Waals surface area contributed by atoms with Gasteiger partial charge in [-0.2, -0.15) is 0 Å². The Labute approximate surface area is 293 Å². The van der Waals surface area contributed by atoms with Crippen LogP contribution in [-0.2, 0) is 39.4 Å². The fourth-order valence-electron chi connectivity index (χ4n) is 8.40. The average molecular weight is 690 g/mol. The molecule has 0 radical (unpaired) electrons. The second kappa shape index (κ2) is 13.3. The summed E-state index contributed by atoms with van der Waals surface area (Å²) in [6.07, 6.45) is -0.249. The topological polar surface area (TPSA) is 119 Å². The van der Waals surface area contributed by atoms with Gasteiger partial charge in [-0.3, -0.25) is 14.4 Å². The number of nitrogens with zero attached hydrogens (tertiary/aromatic N) is 2. The first-order valence-corrected chi connectivity index (χ1v) is 20.3. The molecule has 0 unspecified atom stereocenters. The molecule has 0 aliphatic carbocycles. The van der Waals surface area contributed by atoms with Gasteiger partial charge in [-0.15, -0.1) is 0 Å². The lowest BCUT2D eigenvalue weighted by Gasteiger charge is -2.37. The minimum atomic E-state index is -3.06. The Bertz CT molecular complexity index is 1920. The molecule has 3 heterocycles. The highest BCUT2D eigenvalue weighted by Crippen LogP contribution is 2.60. The first-order valence-electron chi connectivity index (χ1n) is 17.3. The van der Waals surface area contributed by atoms with E-state index in [1.165, 1.54) is 0 Å². The van der Waals surface area contributed by atoms with Crippen molar-refractivity contribution in [3.63, 3.8) is 0 Å². The van der Waals surface area contributed by atoms with Crippen molar-refractivity contribution in [2.24, 2.45) is 5.92 Å². The lowest BCUT2D eigenvalue weighted by atomic mass is 9.82. The second-order valence-electron chi connectivity index (χ2n) is 14.3. The van der Waals surface area contributed by atoms with E-state index in [1.807, 2.05) is 92.8 Å². The van der Waals surface area contributed by atoms with Crippen molar-refractivity contribution >= 4 is 37.4 Å². The molecule has 1 spiro atoms. The van der Waals surface area contributed by atoms with E-state index in [4.69, 9.17) is 4.74 Å². The van der Waals surface area contributed by atoms with Crippen molar-refractivity contribution in [1.82, 2.24) is 4.90 Å². The number of aliphatic hydroxyl groups is 1. The van der Waals surface area contributed by atoms with Crippen LogP contribution >= 0.6 is 0 Å². The van der Waals surface area contributed by atoms with Gasteiger partial charge in [-0.1, -0.05) is 79.7 Å². The average Bonchev–Trinajstić information content (AvgIpc) is 3.54. The number of anilines is 2. The van der Waals surface area contributed by atoms with Crippen LogP contribution in [0.15, 0.2) is 103 Å². The van der Waals surface area contributed by atoms with Crippen molar-refractivity contribution in [2.45, 2.75) is 69.2 Å². The van der Waals surface area contributed by atoms with Gasteiger partial charge in [-0.05, 0) is 66.5 Å². The maximum atomic E-state index is 14.9. The fourth-order valence-corrected chi connectivity index (χ4v) is 11.0. The number of amides is 3. The van der Waals surface area contributed by atoms with Crippen LogP contribution in [0.1, 0.15) is 46.0 Å². The van der Waals surface area contributed by atoms with E-state index in [-0.39, 0.29) is 36.8 Å². The molecule has 7 rings (SSSR count). The number of fused-ring (bicyclic) bond motifs is 3. The van der Waals surface area contributed by atoms with Gasteiger partial charge in [0.15, 0.2) is 13.9 Å². The highest BCUT2D eigenvalue weighted by Gasteiger charge is 2.66. The molecule has 50 heavy (non-hydrogen) atoms. The third-order valence-electron chi connectivity index (χ3n) is 10.7. The van der Waals surface area contributed by atoms with Crippen molar-refractivity contribution in [3.8, 4) is 0 Å². The first kappa shape index (κ1) is 33.9. The molecule has 1 fully saturated rings. The molecule has 3 aliphatic heterocycles. The summed E-state index contributed by atoms with van der Waals surface area (Å²) in [5.74, 6) is -1.22. The number of carbonyl (C=O) groups excluding carboxylic acids is 3. The van der Waals surface area contributed by atoms with Crippen LogP contribution in [0.4, 0.5) is 11.4 Å². The van der Waals surface area contributed by atoms with Crippen LogP contribution in [0.25, 0.3) is 0 Å². The van der Waals surface area contributed by atoms with Crippen molar-refractivity contribution in [2.75, 3.05) is 16.8 Å². The highest BCUT2D eigenvalue weighted by molar-refractivity contribution is 6.71. The molecule has 1 saturated heterocycles. The molecular weight excluding hydrogens is 647 g/mol. The van der Waals surface area contributed by atoms with Crippen LogP contribution in [0.5, 0.6) is 0 Å². The fraction of sp³-hybridized carbons (Fsp3) is 0.325. The lowest BCUT2D eigenvalue weighted by Crippen LogP contribution is -2.48. The van der Waals surface area contributed by atoms with E-state index < -0.39 is 31.5 Å². The van der Waals surface area contributed by atoms with E-state index in [0.717, 1.165) is 16.7 Å². The number of hydrogen-bond acceptors (Lipinski definition) is 6. The van der Waals surface area contributed by atoms with Gasteiger partial charge in [0.2, 0.25) is 5.91 Å². The minimum absolute atomic E-state index is 0.0435. The minimum Gasteiger partial charge on any atom is -0.432 e. The lowest BCUT2D eigenvalue weighted by molar-refractivity contribution is -0.151. The second-order valence-corrected chi connectivity index (χ2v) is 18.3. The molecule has 3 N–H and O–H groups in total. The summed E-state index contributed by atoms with van der Waals surface area (Å²) in [7, 11) is -3.06. The van der Waals surface area contributed by atoms with Crippen molar-refractivity contribution in [3.05, 3.63) is 131 Å². The maximum Gasteiger partial charge on any atom is 0.264 e. The number of ether oxygens (including phenoxy) is 1. The number of nitrogens with one attached hydrogen (secondary N) is 1. The molecule has 9 nitrogen and oxygen atoms in total. The predicted octanol–water partition coefficient (Wildman–Crippen LogP) is 5.62. The van der Waals surface area contributed by atoms with Gasteiger partial charge in [0, 0.05) is 34.8 Å². The molecule has 4 aromatic carbocycles. The van der Waals surface area contributed by atoms with E-state index in [0.29, 0.717) is 42.0 Å². The third kappa shape index (κ3) is 5.96. The number of hydrogen-bond donors (Lipinski definition) is 3. The summed E-state index contributed by atoms with van der Waals surface area (Å²) in [6, 6.07) is 31.6. The molecular formula is C40H43N3O6Si. The van der Waals surface area contributed by atoms with Gasteiger partial charge in [-0.25, -0.2) is 0 Å². The summed E-state index contributed by atoms with van der Waals surface area (Å²) in [5, 5.41) is 13.3. The van der Waals surface area contributed by atoms with E-state index in [9.17, 15) is 24.3 Å². The largest absolute Gasteiger partial charge is 0.432 e. The summed E-state index contributed by atoms with van der Waals surface area (Å²) in [4.78, 5) is 57.5. The van der Waals surface area contributed by atoms with E-state index in [2.05, 4.69) is 5.32 Å². The van der Waals surface area contributed by atoms with Crippen LogP contribution in [0.2, 0.25) is 18.6 Å². The molecule has 3 aliphatic rings. The van der Waals surface area contributed by atoms with Crippen LogP contribution in [0, 0.1) is 5.92 Å². The van der Waals surface area contributed by atoms with Crippen LogP contribution in [0.3, 0.4) is 0 Å².